The maximum Gasteiger partial charge on any atom is 0.222 e. The quantitative estimate of drug-likeness (QED) is 0.855. The summed E-state index contributed by atoms with van der Waals surface area (Å²) in [4.78, 5) is 12.9. The summed E-state index contributed by atoms with van der Waals surface area (Å²) >= 11 is 0. The molecule has 0 fully saturated rings. The number of rotatable bonds is 4. The van der Waals surface area contributed by atoms with Gasteiger partial charge in [0.25, 0.3) is 0 Å². The lowest BCUT2D eigenvalue weighted by Crippen LogP contribution is -2.08. The minimum absolute atomic E-state index is 0.177. The Morgan fingerprint density at radius 2 is 2.00 bits per heavy atom. The van der Waals surface area contributed by atoms with Crippen molar-refractivity contribution in [2.24, 2.45) is 0 Å². The second-order valence-electron chi connectivity index (χ2n) is 4.60. The number of hydrogen-bond acceptors (Lipinski definition) is 5. The number of aliphatic hydroxyl groups is 1. The molecule has 0 unspecified atom stereocenters. The Bertz CT molecular complexity index is 561. The zero-order chi connectivity index (χ0) is 13.3. The summed E-state index contributed by atoms with van der Waals surface area (Å²) < 4.78 is 2.07. The number of imidazole rings is 1. The van der Waals surface area contributed by atoms with E-state index in [1.807, 2.05) is 0 Å². The predicted molar refractivity (Wildman–Crippen MR) is 70.0 cm³/mol. The molecule has 2 heterocycles. The number of hydrogen-bond donors (Lipinski definition) is 2. The lowest BCUT2D eigenvalue weighted by atomic mass is 10.3. The van der Waals surface area contributed by atoms with Crippen LogP contribution in [-0.4, -0.2) is 24.6 Å². The van der Waals surface area contributed by atoms with E-state index in [2.05, 4.69) is 40.3 Å². The van der Waals surface area contributed by atoms with E-state index in [0.29, 0.717) is 16.9 Å². The molecule has 6 heteroatoms. The van der Waals surface area contributed by atoms with Crippen LogP contribution in [0.4, 0.5) is 5.95 Å². The molecule has 0 aliphatic rings. The Morgan fingerprint density at radius 1 is 1.28 bits per heavy atom. The fourth-order valence-electron chi connectivity index (χ4n) is 2.15. The van der Waals surface area contributed by atoms with Crippen LogP contribution in [0.5, 0.6) is 0 Å². The third-order valence-corrected chi connectivity index (χ3v) is 2.84. The van der Waals surface area contributed by atoms with Gasteiger partial charge in [-0.3, -0.25) is 0 Å². The SMILES string of the molecule is CCCc1nc2c(CO)nc(N)nc2n1C(C)C. The van der Waals surface area contributed by atoms with Crippen molar-refractivity contribution < 1.29 is 5.11 Å². The van der Waals surface area contributed by atoms with Gasteiger partial charge in [0, 0.05) is 12.5 Å². The van der Waals surface area contributed by atoms with Crippen molar-refractivity contribution in [1.82, 2.24) is 19.5 Å². The lowest BCUT2D eigenvalue weighted by molar-refractivity contribution is 0.278. The molecule has 0 saturated heterocycles. The molecule has 3 N–H and O–H groups in total. The number of aryl methyl sites for hydroxylation is 1. The van der Waals surface area contributed by atoms with Crippen LogP contribution >= 0.6 is 0 Å². The molecular formula is C12H19N5O. The minimum atomic E-state index is -0.177. The van der Waals surface area contributed by atoms with Crippen molar-refractivity contribution in [3.05, 3.63) is 11.5 Å². The number of aliphatic hydroxyl groups excluding tert-OH is 1. The number of nitrogens with two attached hydrogens (primary N) is 1. The predicted octanol–water partition coefficient (Wildman–Crippen LogP) is 1.43. The van der Waals surface area contributed by atoms with Crippen LogP contribution in [0, 0.1) is 0 Å². The first kappa shape index (κ1) is 12.8. The Morgan fingerprint density at radius 3 is 2.56 bits per heavy atom. The van der Waals surface area contributed by atoms with Gasteiger partial charge in [-0.2, -0.15) is 4.98 Å². The van der Waals surface area contributed by atoms with E-state index >= 15 is 0 Å². The molecule has 2 aromatic rings. The van der Waals surface area contributed by atoms with Crippen LogP contribution in [-0.2, 0) is 13.0 Å². The van der Waals surface area contributed by atoms with Crippen molar-refractivity contribution in [2.45, 2.75) is 46.3 Å². The summed E-state index contributed by atoms with van der Waals surface area (Å²) in [6.45, 7) is 6.09. The van der Waals surface area contributed by atoms with Crippen molar-refractivity contribution in [2.75, 3.05) is 5.73 Å². The molecule has 98 valence electrons. The van der Waals surface area contributed by atoms with Crippen molar-refractivity contribution in [1.29, 1.82) is 0 Å². The fourth-order valence-corrected chi connectivity index (χ4v) is 2.15. The molecule has 6 nitrogen and oxygen atoms in total. The van der Waals surface area contributed by atoms with Crippen LogP contribution in [0.3, 0.4) is 0 Å². The highest BCUT2D eigenvalue weighted by Gasteiger charge is 2.17. The van der Waals surface area contributed by atoms with Gasteiger partial charge in [0.1, 0.15) is 11.3 Å². The maximum absolute atomic E-state index is 9.33. The largest absolute Gasteiger partial charge is 0.390 e. The molecular weight excluding hydrogens is 230 g/mol. The van der Waals surface area contributed by atoms with Gasteiger partial charge in [0.2, 0.25) is 5.95 Å². The van der Waals surface area contributed by atoms with E-state index in [0.717, 1.165) is 18.7 Å². The number of fused-ring (bicyclic) bond motifs is 1. The van der Waals surface area contributed by atoms with Gasteiger partial charge in [-0.1, -0.05) is 6.92 Å². The van der Waals surface area contributed by atoms with Gasteiger partial charge in [0.15, 0.2) is 5.65 Å². The molecule has 0 aliphatic carbocycles. The van der Waals surface area contributed by atoms with Gasteiger partial charge in [0.05, 0.1) is 12.3 Å². The zero-order valence-corrected chi connectivity index (χ0v) is 11.0. The zero-order valence-electron chi connectivity index (χ0n) is 11.0. The monoisotopic (exact) mass is 249 g/mol. The molecule has 0 spiro atoms. The van der Waals surface area contributed by atoms with Crippen molar-refractivity contribution in [3.8, 4) is 0 Å². The van der Waals surface area contributed by atoms with Crippen LogP contribution < -0.4 is 5.73 Å². The highest BCUT2D eigenvalue weighted by atomic mass is 16.3. The Balaban J connectivity index is 2.75. The highest BCUT2D eigenvalue weighted by molar-refractivity contribution is 5.75. The van der Waals surface area contributed by atoms with Gasteiger partial charge < -0.3 is 15.4 Å². The topological polar surface area (TPSA) is 89.8 Å². The molecule has 0 aromatic carbocycles. The number of nitrogen functional groups attached to an aromatic ring is 1. The highest BCUT2D eigenvalue weighted by Crippen LogP contribution is 2.23. The lowest BCUT2D eigenvalue weighted by Gasteiger charge is -2.11. The summed E-state index contributed by atoms with van der Waals surface area (Å²) in [7, 11) is 0. The Hall–Kier alpha value is -1.69. The molecule has 2 aromatic heterocycles. The first-order valence-corrected chi connectivity index (χ1v) is 6.22. The second-order valence-corrected chi connectivity index (χ2v) is 4.60. The Labute approximate surface area is 106 Å². The molecule has 0 bridgehead atoms. The first-order chi connectivity index (χ1) is 8.58. The summed E-state index contributed by atoms with van der Waals surface area (Å²) in [5, 5.41) is 9.33. The first-order valence-electron chi connectivity index (χ1n) is 6.22. The normalized spacial score (nSPS) is 11.6. The average Bonchev–Trinajstić information content (AvgIpc) is 2.66. The minimum Gasteiger partial charge on any atom is -0.390 e. The summed E-state index contributed by atoms with van der Waals surface area (Å²) in [6.07, 6.45) is 1.88. The van der Waals surface area contributed by atoms with E-state index in [4.69, 9.17) is 5.73 Å². The fraction of sp³-hybridized carbons (Fsp3) is 0.583. The maximum atomic E-state index is 9.33. The summed E-state index contributed by atoms with van der Waals surface area (Å²) in [5.74, 6) is 1.15. The third-order valence-electron chi connectivity index (χ3n) is 2.84. The molecule has 0 radical (unpaired) electrons. The van der Waals surface area contributed by atoms with Crippen molar-refractivity contribution >= 4 is 17.1 Å². The molecule has 2 rings (SSSR count). The van der Waals surface area contributed by atoms with E-state index in [-0.39, 0.29) is 18.6 Å². The van der Waals surface area contributed by atoms with Gasteiger partial charge in [-0.25, -0.2) is 9.97 Å². The molecule has 0 saturated carbocycles. The summed E-state index contributed by atoms with van der Waals surface area (Å²) in [5.41, 5.74) is 7.54. The number of aromatic nitrogens is 4. The smallest absolute Gasteiger partial charge is 0.222 e. The van der Waals surface area contributed by atoms with Crippen LogP contribution in [0.2, 0.25) is 0 Å². The van der Waals surface area contributed by atoms with Crippen LogP contribution in [0.25, 0.3) is 11.2 Å². The van der Waals surface area contributed by atoms with Crippen molar-refractivity contribution in [3.63, 3.8) is 0 Å². The second kappa shape index (κ2) is 4.89. The van der Waals surface area contributed by atoms with Gasteiger partial charge in [-0.15, -0.1) is 0 Å². The number of nitrogens with zero attached hydrogens (tertiary/aromatic N) is 4. The van der Waals surface area contributed by atoms with Crippen LogP contribution in [0.1, 0.15) is 44.8 Å². The summed E-state index contributed by atoms with van der Waals surface area (Å²) in [6, 6.07) is 0.248. The van der Waals surface area contributed by atoms with E-state index < -0.39 is 0 Å². The third kappa shape index (κ3) is 2.03. The van der Waals surface area contributed by atoms with E-state index in [9.17, 15) is 5.11 Å². The number of anilines is 1. The standard InChI is InChI=1S/C12H19N5O/c1-4-5-9-15-10-8(6-18)14-12(13)16-11(10)17(9)7(2)3/h7,18H,4-6H2,1-3H3,(H2,13,14,16). The van der Waals surface area contributed by atoms with E-state index in [1.165, 1.54) is 0 Å². The van der Waals surface area contributed by atoms with Crippen LogP contribution in [0.15, 0.2) is 0 Å². The van der Waals surface area contributed by atoms with E-state index in [1.54, 1.807) is 0 Å². The van der Waals surface area contributed by atoms with Gasteiger partial charge in [-0.05, 0) is 20.3 Å². The molecule has 0 atom stereocenters. The van der Waals surface area contributed by atoms with Gasteiger partial charge >= 0.3 is 0 Å². The molecule has 0 aliphatic heterocycles. The Kier molecular flexibility index (Phi) is 3.47. The molecule has 0 amide bonds. The average molecular weight is 249 g/mol. The molecule has 18 heavy (non-hydrogen) atoms.